The highest BCUT2D eigenvalue weighted by molar-refractivity contribution is 6.63. The van der Waals surface area contributed by atoms with Crippen LogP contribution in [0, 0.1) is 6.92 Å². The highest BCUT2D eigenvalue weighted by Gasteiger charge is 2.48. The van der Waals surface area contributed by atoms with Crippen LogP contribution in [0.1, 0.15) is 6.42 Å². The van der Waals surface area contributed by atoms with Gasteiger partial charge in [0.25, 0.3) is 0 Å². The van der Waals surface area contributed by atoms with E-state index in [4.69, 9.17) is 13.3 Å². The van der Waals surface area contributed by atoms with E-state index in [2.05, 4.69) is 6.92 Å². The number of hydrogen-bond donors (Lipinski definition) is 0. The van der Waals surface area contributed by atoms with E-state index in [9.17, 15) is 0 Å². The van der Waals surface area contributed by atoms with Crippen LogP contribution in [0.4, 0.5) is 0 Å². The fourth-order valence-electron chi connectivity index (χ4n) is 2.44. The fourth-order valence-corrected chi connectivity index (χ4v) is 4.79. The van der Waals surface area contributed by atoms with Crippen molar-refractivity contribution in [2.45, 2.75) is 12.5 Å². The Morgan fingerprint density at radius 2 is 0.880 bits per heavy atom. The molecule has 0 aliphatic carbocycles. The standard InChI is InChI=1S/C21H21O3Si/c1-2-18-25(22-19-12-6-3-7-13-19,23-20-14-8-4-9-15-20)24-21-16-10-5-11-17-21/h3-17H,1-2,18H2. The Labute approximate surface area is 150 Å². The molecule has 3 nitrogen and oxygen atoms in total. The molecule has 4 heteroatoms. The van der Waals surface area contributed by atoms with E-state index in [0.29, 0.717) is 12.5 Å². The summed E-state index contributed by atoms with van der Waals surface area (Å²) in [6.45, 7) is 3.99. The molecule has 1 radical (unpaired) electrons. The highest BCUT2D eigenvalue weighted by Crippen LogP contribution is 2.27. The van der Waals surface area contributed by atoms with Gasteiger partial charge in [-0.25, -0.2) is 0 Å². The number of rotatable bonds is 8. The zero-order valence-corrected chi connectivity index (χ0v) is 15.0. The molecule has 0 heterocycles. The molecule has 3 rings (SSSR count). The smallest absolute Gasteiger partial charge is 0.483 e. The summed E-state index contributed by atoms with van der Waals surface area (Å²) >= 11 is 0. The Morgan fingerprint density at radius 1 is 0.560 bits per heavy atom. The van der Waals surface area contributed by atoms with E-state index in [1.807, 2.05) is 91.0 Å². The summed E-state index contributed by atoms with van der Waals surface area (Å²) in [5.74, 6) is 2.19. The number of para-hydroxylation sites is 3. The van der Waals surface area contributed by atoms with Crippen molar-refractivity contribution in [3.8, 4) is 17.2 Å². The van der Waals surface area contributed by atoms with Gasteiger partial charge in [-0.1, -0.05) is 61.5 Å². The van der Waals surface area contributed by atoms with E-state index in [0.717, 1.165) is 17.2 Å². The minimum Gasteiger partial charge on any atom is -0.483 e. The molecule has 0 aromatic heterocycles. The Bertz CT molecular complexity index is 646. The predicted octanol–water partition coefficient (Wildman–Crippen LogP) is 5.39. The van der Waals surface area contributed by atoms with E-state index in [1.54, 1.807) is 0 Å². The number of hydrogen-bond acceptors (Lipinski definition) is 3. The third kappa shape index (κ3) is 4.87. The topological polar surface area (TPSA) is 27.7 Å². The lowest BCUT2D eigenvalue weighted by Crippen LogP contribution is -2.54. The Morgan fingerprint density at radius 3 is 1.16 bits per heavy atom. The van der Waals surface area contributed by atoms with Crippen molar-refractivity contribution in [1.82, 2.24) is 0 Å². The van der Waals surface area contributed by atoms with Crippen molar-refractivity contribution >= 4 is 8.80 Å². The van der Waals surface area contributed by atoms with E-state index < -0.39 is 8.80 Å². The summed E-state index contributed by atoms with van der Waals surface area (Å²) < 4.78 is 18.9. The minimum atomic E-state index is -3.08. The van der Waals surface area contributed by atoms with Crippen LogP contribution in [0.15, 0.2) is 91.0 Å². The lowest BCUT2D eigenvalue weighted by molar-refractivity contribution is 0.260. The molecule has 0 atom stereocenters. The van der Waals surface area contributed by atoms with Gasteiger partial charge in [-0.3, -0.25) is 0 Å². The monoisotopic (exact) mass is 349 g/mol. The average molecular weight is 349 g/mol. The van der Waals surface area contributed by atoms with Gasteiger partial charge in [0.05, 0.1) is 6.04 Å². The van der Waals surface area contributed by atoms with Crippen molar-refractivity contribution in [2.24, 2.45) is 0 Å². The summed E-state index contributed by atoms with van der Waals surface area (Å²) in [7, 11) is -3.08. The maximum absolute atomic E-state index is 6.30. The van der Waals surface area contributed by atoms with E-state index in [-0.39, 0.29) is 0 Å². The molecule has 0 aliphatic heterocycles. The first-order valence-corrected chi connectivity index (χ1v) is 10.2. The summed E-state index contributed by atoms with van der Waals surface area (Å²) in [6, 6.07) is 29.5. The molecule has 0 N–H and O–H groups in total. The summed E-state index contributed by atoms with van der Waals surface area (Å²) in [4.78, 5) is 0. The van der Waals surface area contributed by atoms with Crippen LogP contribution in [0.5, 0.6) is 17.2 Å². The minimum absolute atomic E-state index is 0.603. The molecule has 0 bridgehead atoms. The normalized spacial score (nSPS) is 10.9. The molecule has 0 saturated carbocycles. The van der Waals surface area contributed by atoms with Crippen LogP contribution in [-0.2, 0) is 0 Å². The van der Waals surface area contributed by atoms with Crippen molar-refractivity contribution < 1.29 is 13.3 Å². The second kappa shape index (κ2) is 8.40. The molecule has 0 aliphatic rings. The molecular formula is C21H21O3Si. The van der Waals surface area contributed by atoms with Gasteiger partial charge >= 0.3 is 8.80 Å². The molecule has 0 saturated heterocycles. The van der Waals surface area contributed by atoms with Gasteiger partial charge in [-0.2, -0.15) is 0 Å². The van der Waals surface area contributed by atoms with E-state index in [1.165, 1.54) is 0 Å². The number of benzene rings is 3. The molecule has 25 heavy (non-hydrogen) atoms. The molecule has 0 fully saturated rings. The van der Waals surface area contributed by atoms with Gasteiger partial charge in [0, 0.05) is 0 Å². The Kier molecular flexibility index (Phi) is 5.75. The van der Waals surface area contributed by atoms with Gasteiger partial charge < -0.3 is 13.3 Å². The molecule has 0 spiro atoms. The zero-order valence-electron chi connectivity index (χ0n) is 14.0. The van der Waals surface area contributed by atoms with Crippen molar-refractivity contribution in [3.05, 3.63) is 97.9 Å². The van der Waals surface area contributed by atoms with Gasteiger partial charge in [0.2, 0.25) is 0 Å². The average Bonchev–Trinajstić information content (AvgIpc) is 2.64. The van der Waals surface area contributed by atoms with Crippen LogP contribution < -0.4 is 13.3 Å². The molecule has 3 aromatic carbocycles. The van der Waals surface area contributed by atoms with Crippen LogP contribution in [-0.4, -0.2) is 8.80 Å². The van der Waals surface area contributed by atoms with Gasteiger partial charge in [-0.05, 0) is 42.8 Å². The Hall–Kier alpha value is -2.72. The third-order valence-corrected chi connectivity index (χ3v) is 6.14. The van der Waals surface area contributed by atoms with Crippen molar-refractivity contribution in [1.29, 1.82) is 0 Å². The molecule has 127 valence electrons. The van der Waals surface area contributed by atoms with E-state index >= 15 is 0 Å². The third-order valence-electron chi connectivity index (χ3n) is 3.53. The summed E-state index contributed by atoms with van der Waals surface area (Å²) in [6.07, 6.45) is 0.652. The second-order valence-electron chi connectivity index (χ2n) is 5.53. The van der Waals surface area contributed by atoms with Gasteiger partial charge in [0.1, 0.15) is 17.2 Å². The first-order chi connectivity index (χ1) is 12.3. The lowest BCUT2D eigenvalue weighted by atomic mass is 10.3. The quantitative estimate of drug-likeness (QED) is 0.511. The van der Waals surface area contributed by atoms with Gasteiger partial charge in [0.15, 0.2) is 0 Å². The molecule has 0 amide bonds. The Balaban J connectivity index is 1.94. The molecular weight excluding hydrogens is 328 g/mol. The van der Waals surface area contributed by atoms with Gasteiger partial charge in [-0.15, -0.1) is 0 Å². The summed E-state index contributed by atoms with van der Waals surface area (Å²) in [5, 5.41) is 0. The first-order valence-electron chi connectivity index (χ1n) is 8.31. The van der Waals surface area contributed by atoms with Crippen LogP contribution in [0.3, 0.4) is 0 Å². The van der Waals surface area contributed by atoms with Crippen LogP contribution in [0.25, 0.3) is 0 Å². The van der Waals surface area contributed by atoms with Crippen LogP contribution >= 0.6 is 0 Å². The maximum atomic E-state index is 6.30. The SMILES string of the molecule is [CH2]CC[Si](Oc1ccccc1)(Oc1ccccc1)Oc1ccccc1. The predicted molar refractivity (Wildman–Crippen MR) is 102 cm³/mol. The van der Waals surface area contributed by atoms with Crippen LogP contribution in [0.2, 0.25) is 6.04 Å². The van der Waals surface area contributed by atoms with Crippen molar-refractivity contribution in [2.75, 3.05) is 0 Å². The largest absolute Gasteiger partial charge is 0.699 e. The highest BCUT2D eigenvalue weighted by atomic mass is 28.4. The van der Waals surface area contributed by atoms with Crippen molar-refractivity contribution in [3.63, 3.8) is 0 Å². The zero-order chi connectivity index (χ0) is 17.4. The maximum Gasteiger partial charge on any atom is 0.699 e. The first kappa shape index (κ1) is 17.1. The molecule has 3 aromatic rings. The fraction of sp³-hybridized carbons (Fsp3) is 0.0952. The molecule has 0 unspecified atom stereocenters. The summed E-state index contributed by atoms with van der Waals surface area (Å²) in [5.41, 5.74) is 0. The lowest BCUT2D eigenvalue weighted by Gasteiger charge is -2.30. The second-order valence-corrected chi connectivity index (χ2v) is 8.01.